The molecule has 3 rings (SSSR count). The van der Waals surface area contributed by atoms with Gasteiger partial charge in [0.2, 0.25) is 0 Å². The van der Waals surface area contributed by atoms with E-state index in [-0.39, 0.29) is 5.41 Å². The number of benzene rings is 1. The Hall–Kier alpha value is -2.18. The second kappa shape index (κ2) is 7.60. The van der Waals surface area contributed by atoms with Crippen molar-refractivity contribution in [2.75, 3.05) is 38.5 Å². The molecule has 0 aliphatic carbocycles. The van der Waals surface area contributed by atoms with Gasteiger partial charge in [0.25, 0.3) is 0 Å². The van der Waals surface area contributed by atoms with Gasteiger partial charge in [0, 0.05) is 44.2 Å². The molecule has 1 aliphatic rings. The minimum Gasteiger partial charge on any atom is -0.304 e. The summed E-state index contributed by atoms with van der Waals surface area (Å²) in [5.74, 6) is 0.636. The van der Waals surface area contributed by atoms with E-state index in [1.807, 2.05) is 6.07 Å². The number of nitrogens with one attached hydrogen (secondary N) is 1. The minimum atomic E-state index is -0.0913. The number of likely N-dealkylation sites (N-methyl/N-ethyl adjacent to an activating group) is 1. The molecule has 6 nitrogen and oxygen atoms in total. The molecule has 1 radical (unpaired) electrons. The molecule has 6 heteroatoms. The average molecular weight is 354 g/mol. The topological polar surface area (TPSA) is 53.4 Å². The second-order valence-corrected chi connectivity index (χ2v) is 8.05. The fourth-order valence-corrected chi connectivity index (χ4v) is 3.09. The van der Waals surface area contributed by atoms with Gasteiger partial charge in [0.15, 0.2) is 0 Å². The molecular formula is C20H28N5O. The van der Waals surface area contributed by atoms with Gasteiger partial charge in [-0.2, -0.15) is 5.10 Å². The lowest BCUT2D eigenvalue weighted by atomic mass is 9.92. The van der Waals surface area contributed by atoms with Crippen LogP contribution in [0.1, 0.15) is 32.0 Å². The largest absolute Gasteiger partial charge is 0.315 e. The van der Waals surface area contributed by atoms with Crippen molar-refractivity contribution < 1.29 is 4.79 Å². The molecule has 1 saturated heterocycles. The van der Waals surface area contributed by atoms with Crippen LogP contribution in [0.4, 0.5) is 5.82 Å². The number of rotatable bonds is 5. The van der Waals surface area contributed by atoms with Crippen molar-refractivity contribution in [3.63, 3.8) is 0 Å². The minimum absolute atomic E-state index is 0.0913. The summed E-state index contributed by atoms with van der Waals surface area (Å²) in [4.78, 5) is 15.7. The third-order valence-electron chi connectivity index (χ3n) is 4.84. The molecule has 26 heavy (non-hydrogen) atoms. The molecule has 1 aromatic heterocycles. The van der Waals surface area contributed by atoms with E-state index in [4.69, 9.17) is 0 Å². The summed E-state index contributed by atoms with van der Waals surface area (Å²) in [5.41, 5.74) is 3.06. The van der Waals surface area contributed by atoms with E-state index in [0.717, 1.165) is 44.1 Å². The number of hydrogen-bond donors (Lipinski definition) is 1. The van der Waals surface area contributed by atoms with Crippen LogP contribution in [0.15, 0.2) is 30.3 Å². The quantitative estimate of drug-likeness (QED) is 0.838. The summed E-state index contributed by atoms with van der Waals surface area (Å²) in [6, 6.07) is 10.3. The lowest BCUT2D eigenvalue weighted by Gasteiger charge is -2.32. The standard InChI is InChI=1S/C20H28N5O/c1-20(2,3)18-13-19(21-15-26)25(22-18)17-7-5-16(6-8-17)14-24-11-9-23(4)10-12-24/h5-8,13H,9-12,14H2,1-4H3,(H,21,26). The Kier molecular flexibility index (Phi) is 5.44. The first kappa shape index (κ1) is 18.6. The lowest BCUT2D eigenvalue weighted by molar-refractivity contribution is 0.148. The number of nitrogens with zero attached hydrogens (tertiary/aromatic N) is 4. The first-order valence-electron chi connectivity index (χ1n) is 9.11. The van der Waals surface area contributed by atoms with E-state index >= 15 is 0 Å². The van der Waals surface area contributed by atoms with Crippen LogP contribution >= 0.6 is 0 Å². The van der Waals surface area contributed by atoms with E-state index in [0.29, 0.717) is 5.82 Å². The highest BCUT2D eigenvalue weighted by Crippen LogP contribution is 2.26. The van der Waals surface area contributed by atoms with Crippen LogP contribution in [-0.4, -0.2) is 59.2 Å². The fraction of sp³-hybridized carbons (Fsp3) is 0.500. The fourth-order valence-electron chi connectivity index (χ4n) is 3.09. The van der Waals surface area contributed by atoms with Gasteiger partial charge in [0.05, 0.1) is 11.4 Å². The zero-order valence-electron chi connectivity index (χ0n) is 16.1. The van der Waals surface area contributed by atoms with Gasteiger partial charge in [-0.1, -0.05) is 32.9 Å². The maximum absolute atomic E-state index is 10.8. The first-order chi connectivity index (χ1) is 12.4. The van der Waals surface area contributed by atoms with E-state index in [1.54, 1.807) is 11.1 Å². The second-order valence-electron chi connectivity index (χ2n) is 8.05. The maximum atomic E-state index is 10.8. The molecular weight excluding hydrogens is 326 g/mol. The predicted molar refractivity (Wildman–Crippen MR) is 104 cm³/mol. The van der Waals surface area contributed by atoms with Crippen molar-refractivity contribution in [2.24, 2.45) is 0 Å². The zero-order chi connectivity index (χ0) is 18.7. The molecule has 1 amide bonds. The Morgan fingerprint density at radius 1 is 1.12 bits per heavy atom. The van der Waals surface area contributed by atoms with Gasteiger partial charge in [-0.3, -0.25) is 9.69 Å². The van der Waals surface area contributed by atoms with Gasteiger partial charge in [-0.15, -0.1) is 0 Å². The van der Waals surface area contributed by atoms with E-state index in [1.165, 1.54) is 5.56 Å². The van der Waals surface area contributed by atoms with Gasteiger partial charge in [-0.25, -0.2) is 4.68 Å². The van der Waals surface area contributed by atoms with Crippen LogP contribution in [0.25, 0.3) is 5.69 Å². The summed E-state index contributed by atoms with van der Waals surface area (Å²) in [6.07, 6.45) is 1.76. The first-order valence-corrected chi connectivity index (χ1v) is 9.11. The lowest BCUT2D eigenvalue weighted by Crippen LogP contribution is -2.43. The van der Waals surface area contributed by atoms with Crippen LogP contribution in [0, 0.1) is 0 Å². The van der Waals surface area contributed by atoms with Crippen molar-refractivity contribution in [2.45, 2.75) is 32.7 Å². The highest BCUT2D eigenvalue weighted by molar-refractivity contribution is 5.71. The smallest absolute Gasteiger partial charge is 0.304 e. The average Bonchev–Trinajstić information content (AvgIpc) is 3.02. The summed E-state index contributed by atoms with van der Waals surface area (Å²) in [5, 5.41) is 7.32. The molecule has 0 bridgehead atoms. The zero-order valence-corrected chi connectivity index (χ0v) is 16.1. The van der Waals surface area contributed by atoms with E-state index in [9.17, 15) is 4.79 Å². The van der Waals surface area contributed by atoms with Crippen LogP contribution < -0.4 is 5.32 Å². The van der Waals surface area contributed by atoms with Crippen molar-refractivity contribution in [1.29, 1.82) is 0 Å². The molecule has 1 fully saturated rings. The summed E-state index contributed by atoms with van der Waals surface area (Å²) in [7, 11) is 2.17. The Balaban J connectivity index is 1.77. The highest BCUT2D eigenvalue weighted by atomic mass is 16.1. The SMILES string of the molecule is CN1CCN(Cc2ccc(-n3nc(C(C)(C)C)cc3N[C]=O)cc2)CC1. The number of piperazine rings is 1. The Labute approximate surface area is 155 Å². The van der Waals surface area contributed by atoms with Gasteiger partial charge in [0.1, 0.15) is 5.82 Å². The molecule has 1 aromatic carbocycles. The van der Waals surface area contributed by atoms with Gasteiger partial charge >= 0.3 is 6.41 Å². The molecule has 0 atom stereocenters. The number of anilines is 1. The molecule has 1 N–H and O–H groups in total. The van der Waals surface area contributed by atoms with Crippen LogP contribution in [-0.2, 0) is 16.8 Å². The number of hydrogen-bond acceptors (Lipinski definition) is 4. The van der Waals surface area contributed by atoms with Crippen molar-refractivity contribution in [1.82, 2.24) is 19.6 Å². The third kappa shape index (κ3) is 4.31. The molecule has 1 aliphatic heterocycles. The van der Waals surface area contributed by atoms with Crippen LogP contribution in [0.3, 0.4) is 0 Å². The van der Waals surface area contributed by atoms with E-state index < -0.39 is 0 Å². The highest BCUT2D eigenvalue weighted by Gasteiger charge is 2.20. The Bertz CT molecular complexity index is 737. The number of aromatic nitrogens is 2. The van der Waals surface area contributed by atoms with Crippen LogP contribution in [0.5, 0.6) is 0 Å². The Morgan fingerprint density at radius 2 is 1.77 bits per heavy atom. The van der Waals surface area contributed by atoms with Crippen molar-refractivity contribution in [3.8, 4) is 5.69 Å². The summed E-state index contributed by atoms with van der Waals surface area (Å²) < 4.78 is 1.77. The van der Waals surface area contributed by atoms with Crippen molar-refractivity contribution >= 4 is 12.2 Å². The monoisotopic (exact) mass is 354 g/mol. The molecule has 139 valence electrons. The summed E-state index contributed by atoms with van der Waals surface area (Å²) >= 11 is 0. The number of carbonyl (C=O) groups excluding carboxylic acids is 1. The molecule has 2 heterocycles. The van der Waals surface area contributed by atoms with E-state index in [2.05, 4.69) is 72.3 Å². The van der Waals surface area contributed by atoms with Crippen molar-refractivity contribution in [3.05, 3.63) is 41.6 Å². The Morgan fingerprint density at radius 3 is 2.35 bits per heavy atom. The summed E-state index contributed by atoms with van der Waals surface area (Å²) in [6.45, 7) is 11.7. The molecule has 0 spiro atoms. The van der Waals surface area contributed by atoms with Gasteiger partial charge < -0.3 is 10.2 Å². The molecule has 0 unspecified atom stereocenters. The third-order valence-corrected chi connectivity index (χ3v) is 4.84. The maximum Gasteiger partial charge on any atom is 0.315 e. The molecule has 0 saturated carbocycles. The van der Waals surface area contributed by atoms with Gasteiger partial charge in [-0.05, 0) is 24.7 Å². The normalized spacial score (nSPS) is 16.6. The molecule has 2 aromatic rings. The van der Waals surface area contributed by atoms with Crippen LogP contribution in [0.2, 0.25) is 0 Å². The number of amides is 1. The predicted octanol–water partition coefficient (Wildman–Crippen LogP) is 2.40.